The maximum Gasteiger partial charge on any atom is 0.338 e. The molecule has 0 saturated carbocycles. The van der Waals surface area contributed by atoms with Crippen molar-refractivity contribution < 1.29 is 33.0 Å². The number of carbonyl (C=O) groups is 2. The van der Waals surface area contributed by atoms with Crippen LogP contribution in [0.4, 0.5) is 13.2 Å². The molecule has 0 aliphatic heterocycles. The third-order valence-electron chi connectivity index (χ3n) is 2.29. The van der Waals surface area contributed by atoms with E-state index < -0.39 is 35.0 Å². The van der Waals surface area contributed by atoms with Gasteiger partial charge in [0.2, 0.25) is 0 Å². The molecule has 0 heterocycles. The Morgan fingerprint density at radius 2 is 1.33 bits per heavy atom. The monoisotopic (exact) mass is 298 g/mol. The number of hydrogen-bond donors (Lipinski definition) is 2. The number of hydrogen-bond acceptors (Lipinski definition) is 2. The van der Waals surface area contributed by atoms with Gasteiger partial charge in [-0.2, -0.15) is 0 Å². The molecule has 2 N–H and O–H groups in total. The molecule has 0 fully saturated rings. The molecule has 0 radical (unpaired) electrons. The maximum atomic E-state index is 12.5. The van der Waals surface area contributed by atoms with Gasteiger partial charge in [-0.25, -0.2) is 22.8 Å². The molecule has 4 nitrogen and oxygen atoms in total. The molecule has 0 aliphatic rings. The Morgan fingerprint density at radius 3 is 1.76 bits per heavy atom. The van der Waals surface area contributed by atoms with Gasteiger partial charge in [0.15, 0.2) is 17.5 Å². The SMILES string of the molecule is O=C(O)c1ccc(F)c(F)c1F.O=C(O)c1ccccc1. The summed E-state index contributed by atoms with van der Waals surface area (Å²) in [7, 11) is 0. The predicted molar refractivity (Wildman–Crippen MR) is 66.7 cm³/mol. The van der Waals surface area contributed by atoms with Crippen molar-refractivity contribution in [3.63, 3.8) is 0 Å². The molecule has 0 aliphatic carbocycles. The van der Waals surface area contributed by atoms with E-state index in [2.05, 4.69) is 0 Å². The van der Waals surface area contributed by atoms with Crippen LogP contribution >= 0.6 is 0 Å². The van der Waals surface area contributed by atoms with E-state index in [9.17, 15) is 22.8 Å². The fourth-order valence-corrected chi connectivity index (χ4v) is 1.27. The number of halogens is 3. The summed E-state index contributed by atoms with van der Waals surface area (Å²) in [5.74, 6) is -7.36. The smallest absolute Gasteiger partial charge is 0.338 e. The standard InChI is InChI=1S/C7H3F3O2.C7H6O2/c8-4-2-1-3(7(11)12)5(9)6(4)10;8-7(9)6-4-2-1-3-5-6/h1-2H,(H,11,12);1-5H,(H,8,9). The van der Waals surface area contributed by atoms with Gasteiger partial charge in [-0.1, -0.05) is 18.2 Å². The van der Waals surface area contributed by atoms with E-state index >= 15 is 0 Å². The largest absolute Gasteiger partial charge is 0.478 e. The zero-order valence-electron chi connectivity index (χ0n) is 10.4. The first kappa shape index (κ1) is 16.2. The Hall–Kier alpha value is -2.83. The van der Waals surface area contributed by atoms with E-state index in [1.165, 1.54) is 0 Å². The van der Waals surface area contributed by atoms with Crippen LogP contribution < -0.4 is 0 Å². The molecule has 0 spiro atoms. The molecule has 2 rings (SSSR count). The summed E-state index contributed by atoms with van der Waals surface area (Å²) < 4.78 is 37.1. The summed E-state index contributed by atoms with van der Waals surface area (Å²) in [5.41, 5.74) is -0.550. The topological polar surface area (TPSA) is 74.6 Å². The molecule has 2 aromatic carbocycles. The fourth-order valence-electron chi connectivity index (χ4n) is 1.27. The number of rotatable bonds is 2. The molecule has 0 amide bonds. The van der Waals surface area contributed by atoms with E-state index in [0.29, 0.717) is 17.7 Å². The lowest BCUT2D eigenvalue weighted by Gasteiger charge is -1.98. The van der Waals surface area contributed by atoms with Crippen LogP contribution in [0.2, 0.25) is 0 Å². The highest BCUT2D eigenvalue weighted by Crippen LogP contribution is 2.14. The lowest BCUT2D eigenvalue weighted by molar-refractivity contribution is 0.0682. The maximum absolute atomic E-state index is 12.5. The first-order chi connectivity index (χ1) is 9.84. The highest BCUT2D eigenvalue weighted by molar-refractivity contribution is 5.88. The second kappa shape index (κ2) is 7.09. The van der Waals surface area contributed by atoms with Crippen LogP contribution in [-0.2, 0) is 0 Å². The van der Waals surface area contributed by atoms with Crippen LogP contribution in [0.5, 0.6) is 0 Å². The number of aromatic carboxylic acids is 2. The molecule has 110 valence electrons. The van der Waals surface area contributed by atoms with E-state index in [1.807, 2.05) is 0 Å². The normalized spacial score (nSPS) is 9.48. The molecular formula is C14H9F3O4. The molecule has 0 aromatic heterocycles. The lowest BCUT2D eigenvalue weighted by Crippen LogP contribution is -2.04. The second-order valence-corrected chi connectivity index (χ2v) is 3.70. The molecular weight excluding hydrogens is 289 g/mol. The zero-order chi connectivity index (χ0) is 16.0. The van der Waals surface area contributed by atoms with Crippen molar-refractivity contribution >= 4 is 11.9 Å². The summed E-state index contributed by atoms with van der Waals surface area (Å²) in [5, 5.41) is 16.6. The third kappa shape index (κ3) is 4.34. The van der Waals surface area contributed by atoms with Crippen LogP contribution in [0.25, 0.3) is 0 Å². The van der Waals surface area contributed by atoms with Crippen molar-refractivity contribution in [3.05, 3.63) is 71.0 Å². The Morgan fingerprint density at radius 1 is 0.762 bits per heavy atom. The number of carboxylic acids is 2. The van der Waals surface area contributed by atoms with Gasteiger partial charge in [-0.05, 0) is 24.3 Å². The first-order valence-electron chi connectivity index (χ1n) is 5.49. The minimum absolute atomic E-state index is 0.331. The van der Waals surface area contributed by atoms with Gasteiger partial charge in [0.1, 0.15) is 0 Å². The molecule has 0 atom stereocenters. The van der Waals surface area contributed by atoms with Crippen molar-refractivity contribution in [2.45, 2.75) is 0 Å². The van der Waals surface area contributed by atoms with Crippen molar-refractivity contribution in [2.75, 3.05) is 0 Å². The third-order valence-corrected chi connectivity index (χ3v) is 2.29. The van der Waals surface area contributed by atoms with Crippen molar-refractivity contribution in [3.8, 4) is 0 Å². The Bertz CT molecular complexity index is 657. The highest BCUT2D eigenvalue weighted by atomic mass is 19.2. The summed E-state index contributed by atoms with van der Waals surface area (Å²) in [6.45, 7) is 0. The van der Waals surface area contributed by atoms with Gasteiger partial charge in [0, 0.05) is 0 Å². The van der Waals surface area contributed by atoms with E-state index in [0.717, 1.165) is 0 Å². The lowest BCUT2D eigenvalue weighted by atomic mass is 10.2. The van der Waals surface area contributed by atoms with Gasteiger partial charge in [0.05, 0.1) is 11.1 Å². The van der Waals surface area contributed by atoms with E-state index in [1.54, 1.807) is 30.3 Å². The Kier molecular flexibility index (Phi) is 5.48. The second-order valence-electron chi connectivity index (χ2n) is 3.70. The predicted octanol–water partition coefficient (Wildman–Crippen LogP) is 3.19. The zero-order valence-corrected chi connectivity index (χ0v) is 10.4. The van der Waals surface area contributed by atoms with E-state index in [-0.39, 0.29) is 0 Å². The van der Waals surface area contributed by atoms with Crippen LogP contribution in [0, 0.1) is 17.5 Å². The quantitative estimate of drug-likeness (QED) is 0.835. The molecule has 0 saturated heterocycles. The van der Waals surface area contributed by atoms with Crippen LogP contribution in [-0.4, -0.2) is 22.2 Å². The van der Waals surface area contributed by atoms with Gasteiger partial charge in [-0.15, -0.1) is 0 Å². The van der Waals surface area contributed by atoms with Crippen LogP contribution in [0.3, 0.4) is 0 Å². The summed E-state index contributed by atoms with van der Waals surface area (Å²) in [6.07, 6.45) is 0. The van der Waals surface area contributed by atoms with Crippen LogP contribution in [0.15, 0.2) is 42.5 Å². The van der Waals surface area contributed by atoms with Crippen molar-refractivity contribution in [1.82, 2.24) is 0 Å². The van der Waals surface area contributed by atoms with Crippen molar-refractivity contribution in [1.29, 1.82) is 0 Å². The molecule has 0 unspecified atom stereocenters. The van der Waals surface area contributed by atoms with Gasteiger partial charge < -0.3 is 10.2 Å². The molecule has 21 heavy (non-hydrogen) atoms. The fraction of sp³-hybridized carbons (Fsp3) is 0. The summed E-state index contributed by atoms with van der Waals surface area (Å²) in [4.78, 5) is 20.4. The van der Waals surface area contributed by atoms with Gasteiger partial charge in [-0.3, -0.25) is 0 Å². The Balaban J connectivity index is 0.000000219. The van der Waals surface area contributed by atoms with Crippen LogP contribution in [0.1, 0.15) is 20.7 Å². The molecule has 0 bridgehead atoms. The average Bonchev–Trinajstić information content (AvgIpc) is 2.46. The molecule has 2 aromatic rings. The number of carboxylic acid groups (broad SMARTS) is 2. The van der Waals surface area contributed by atoms with Gasteiger partial charge >= 0.3 is 11.9 Å². The highest BCUT2D eigenvalue weighted by Gasteiger charge is 2.17. The number of benzene rings is 2. The van der Waals surface area contributed by atoms with E-state index in [4.69, 9.17) is 10.2 Å². The minimum Gasteiger partial charge on any atom is -0.478 e. The minimum atomic E-state index is -1.77. The first-order valence-corrected chi connectivity index (χ1v) is 5.49. The van der Waals surface area contributed by atoms with Gasteiger partial charge in [0.25, 0.3) is 0 Å². The van der Waals surface area contributed by atoms with Crippen molar-refractivity contribution in [2.24, 2.45) is 0 Å². The Labute approximate surface area is 117 Å². The average molecular weight is 298 g/mol. The summed E-state index contributed by atoms with van der Waals surface area (Å²) in [6, 6.07) is 9.52. The summed E-state index contributed by atoms with van der Waals surface area (Å²) >= 11 is 0. The molecule has 7 heteroatoms.